The second-order valence-electron chi connectivity index (χ2n) is 4.15. The number of rotatable bonds is 4. The molecule has 1 aliphatic heterocycles. The molecule has 1 fully saturated rings. The van der Waals surface area contributed by atoms with E-state index in [4.69, 9.17) is 11.5 Å². The predicted molar refractivity (Wildman–Crippen MR) is 63.4 cm³/mol. The van der Waals surface area contributed by atoms with Gasteiger partial charge in [-0.05, 0) is 19.3 Å². The molecule has 1 heterocycles. The Labute approximate surface area is 101 Å². The number of hydrogen-bond acceptors (Lipinski definition) is 2. The molecule has 1 unspecified atom stereocenters. The highest BCUT2D eigenvalue weighted by molar-refractivity contribution is 5.83. The number of carbonyl (C=O) groups excluding carboxylic acids is 1. The fraction of sp³-hybridized carbons (Fsp3) is 0.667. The van der Waals surface area contributed by atoms with Crippen LogP contribution in [0.2, 0.25) is 0 Å². The van der Waals surface area contributed by atoms with E-state index >= 15 is 0 Å². The van der Waals surface area contributed by atoms with Gasteiger partial charge in [0.25, 0.3) is 0 Å². The Morgan fingerprint density at radius 1 is 1.65 bits per heavy atom. The minimum Gasteiger partial charge on any atom is -0.480 e. The SMILES string of the molecule is C#CC(CCC)NC(=O)N1CCC[C@@H]1C(=O)O. The standard InChI is InChI=1S/C12H18N2O3/c1-3-6-9(4-2)13-12(17)14-8-5-7-10(14)11(15)16/h2,9-10H,3,5-8H2,1H3,(H,13,17)(H,15,16)/t9?,10-/m1/s1. The van der Waals surface area contributed by atoms with Gasteiger partial charge in [0.15, 0.2) is 0 Å². The summed E-state index contributed by atoms with van der Waals surface area (Å²) in [6.45, 7) is 2.46. The van der Waals surface area contributed by atoms with Crippen molar-refractivity contribution in [3.8, 4) is 12.3 Å². The van der Waals surface area contributed by atoms with Crippen LogP contribution in [0.25, 0.3) is 0 Å². The van der Waals surface area contributed by atoms with Crippen LogP contribution >= 0.6 is 0 Å². The summed E-state index contributed by atoms with van der Waals surface area (Å²) in [5.41, 5.74) is 0. The Bertz CT molecular complexity index is 335. The average molecular weight is 238 g/mol. The monoisotopic (exact) mass is 238 g/mol. The summed E-state index contributed by atoms with van der Waals surface area (Å²) in [6.07, 6.45) is 8.11. The van der Waals surface area contributed by atoms with Crippen LogP contribution in [0.15, 0.2) is 0 Å². The van der Waals surface area contributed by atoms with Crippen molar-refractivity contribution in [1.29, 1.82) is 0 Å². The fourth-order valence-corrected chi connectivity index (χ4v) is 1.98. The van der Waals surface area contributed by atoms with Crippen molar-refractivity contribution < 1.29 is 14.7 Å². The maximum atomic E-state index is 11.9. The highest BCUT2D eigenvalue weighted by Crippen LogP contribution is 2.17. The summed E-state index contributed by atoms with van der Waals surface area (Å²) in [5.74, 6) is 1.54. The van der Waals surface area contributed by atoms with Gasteiger partial charge < -0.3 is 15.3 Å². The quantitative estimate of drug-likeness (QED) is 0.719. The summed E-state index contributed by atoms with van der Waals surface area (Å²) < 4.78 is 0. The van der Waals surface area contributed by atoms with Crippen LogP contribution in [-0.2, 0) is 4.79 Å². The van der Waals surface area contributed by atoms with E-state index in [0.717, 1.165) is 12.8 Å². The number of likely N-dealkylation sites (tertiary alicyclic amines) is 1. The Hall–Kier alpha value is -1.70. The zero-order valence-corrected chi connectivity index (χ0v) is 9.98. The third-order valence-electron chi connectivity index (χ3n) is 2.87. The van der Waals surface area contributed by atoms with Crippen LogP contribution in [0.5, 0.6) is 0 Å². The van der Waals surface area contributed by atoms with E-state index in [-0.39, 0.29) is 12.1 Å². The minimum atomic E-state index is -0.953. The van der Waals surface area contributed by atoms with E-state index in [0.29, 0.717) is 19.4 Å². The first kappa shape index (κ1) is 13.4. The number of carboxylic acids is 1. The van der Waals surface area contributed by atoms with Crippen LogP contribution < -0.4 is 5.32 Å². The lowest BCUT2D eigenvalue weighted by Gasteiger charge is -2.23. The van der Waals surface area contributed by atoms with E-state index < -0.39 is 12.0 Å². The molecule has 0 aromatic carbocycles. The minimum absolute atomic E-state index is 0.317. The molecule has 1 aliphatic rings. The number of nitrogens with one attached hydrogen (secondary N) is 1. The molecule has 2 N–H and O–H groups in total. The molecule has 1 saturated heterocycles. The Morgan fingerprint density at radius 3 is 2.88 bits per heavy atom. The lowest BCUT2D eigenvalue weighted by Crippen LogP contribution is -2.48. The number of terminal acetylenes is 1. The van der Waals surface area contributed by atoms with Crippen molar-refractivity contribution >= 4 is 12.0 Å². The number of carbonyl (C=O) groups is 2. The Kier molecular flexibility index (Phi) is 4.83. The second-order valence-corrected chi connectivity index (χ2v) is 4.15. The van der Waals surface area contributed by atoms with Gasteiger partial charge in [-0.25, -0.2) is 9.59 Å². The van der Waals surface area contributed by atoms with E-state index in [1.807, 2.05) is 6.92 Å². The van der Waals surface area contributed by atoms with Gasteiger partial charge in [0.05, 0.1) is 6.04 Å². The molecule has 0 radical (unpaired) electrons. The molecule has 0 saturated carbocycles. The normalized spacial score (nSPS) is 20.7. The summed E-state index contributed by atoms with van der Waals surface area (Å²) in [7, 11) is 0. The smallest absolute Gasteiger partial charge is 0.326 e. The third-order valence-corrected chi connectivity index (χ3v) is 2.87. The molecule has 17 heavy (non-hydrogen) atoms. The average Bonchev–Trinajstić information content (AvgIpc) is 2.77. The number of nitrogens with zero attached hydrogens (tertiary/aromatic N) is 1. The zero-order chi connectivity index (χ0) is 12.8. The molecular weight excluding hydrogens is 220 g/mol. The third kappa shape index (κ3) is 3.38. The Balaban J connectivity index is 2.57. The second kappa shape index (κ2) is 6.14. The molecule has 0 aromatic rings. The van der Waals surface area contributed by atoms with Gasteiger partial charge in [-0.15, -0.1) is 6.42 Å². The molecular formula is C12H18N2O3. The first-order valence-corrected chi connectivity index (χ1v) is 5.86. The number of aliphatic carboxylic acids is 1. The van der Waals surface area contributed by atoms with Gasteiger partial charge >= 0.3 is 12.0 Å². The van der Waals surface area contributed by atoms with Gasteiger partial charge in [-0.2, -0.15) is 0 Å². The van der Waals surface area contributed by atoms with Crippen LogP contribution in [-0.4, -0.2) is 40.6 Å². The van der Waals surface area contributed by atoms with Crippen LogP contribution in [0.4, 0.5) is 4.79 Å². The molecule has 0 aromatic heterocycles. The maximum absolute atomic E-state index is 11.9. The van der Waals surface area contributed by atoms with E-state index in [2.05, 4.69) is 11.2 Å². The van der Waals surface area contributed by atoms with E-state index in [1.54, 1.807) is 0 Å². The van der Waals surface area contributed by atoms with Crippen molar-refractivity contribution in [3.63, 3.8) is 0 Å². The molecule has 94 valence electrons. The first-order chi connectivity index (χ1) is 8.10. The topological polar surface area (TPSA) is 69.6 Å². The molecule has 5 heteroatoms. The van der Waals surface area contributed by atoms with Crippen LogP contribution in [0, 0.1) is 12.3 Å². The van der Waals surface area contributed by atoms with Gasteiger partial charge in [0.1, 0.15) is 6.04 Å². The molecule has 1 rings (SSSR count). The van der Waals surface area contributed by atoms with Crippen molar-refractivity contribution in [2.75, 3.05) is 6.54 Å². The van der Waals surface area contributed by atoms with Gasteiger partial charge in [-0.1, -0.05) is 19.3 Å². The van der Waals surface area contributed by atoms with Gasteiger partial charge in [0, 0.05) is 6.54 Å². The summed E-state index contributed by atoms with van der Waals surface area (Å²) in [5, 5.41) is 11.6. The van der Waals surface area contributed by atoms with Crippen LogP contribution in [0.3, 0.4) is 0 Å². The summed E-state index contributed by atoms with van der Waals surface area (Å²) in [4.78, 5) is 24.1. The first-order valence-electron chi connectivity index (χ1n) is 5.86. The molecule has 2 atom stereocenters. The molecule has 0 spiro atoms. The number of carboxylic acid groups (broad SMARTS) is 1. The van der Waals surface area contributed by atoms with Crippen molar-refractivity contribution in [1.82, 2.24) is 10.2 Å². The molecule has 2 amide bonds. The largest absolute Gasteiger partial charge is 0.480 e. The van der Waals surface area contributed by atoms with Crippen molar-refractivity contribution in [2.24, 2.45) is 0 Å². The highest BCUT2D eigenvalue weighted by Gasteiger charge is 2.34. The summed E-state index contributed by atoms with van der Waals surface area (Å²) in [6, 6.07) is -1.40. The van der Waals surface area contributed by atoms with Crippen molar-refractivity contribution in [2.45, 2.75) is 44.7 Å². The van der Waals surface area contributed by atoms with Gasteiger partial charge in [0.2, 0.25) is 0 Å². The summed E-state index contributed by atoms with van der Waals surface area (Å²) >= 11 is 0. The predicted octanol–water partition coefficient (Wildman–Crippen LogP) is 1.05. The number of urea groups is 1. The Morgan fingerprint density at radius 2 is 2.35 bits per heavy atom. The highest BCUT2D eigenvalue weighted by atomic mass is 16.4. The zero-order valence-electron chi connectivity index (χ0n) is 9.98. The van der Waals surface area contributed by atoms with Crippen molar-refractivity contribution in [3.05, 3.63) is 0 Å². The number of hydrogen-bond donors (Lipinski definition) is 2. The van der Waals surface area contributed by atoms with E-state index in [1.165, 1.54) is 4.90 Å². The molecule has 0 aliphatic carbocycles. The molecule has 0 bridgehead atoms. The maximum Gasteiger partial charge on any atom is 0.326 e. The van der Waals surface area contributed by atoms with Crippen LogP contribution in [0.1, 0.15) is 32.6 Å². The molecule has 5 nitrogen and oxygen atoms in total. The number of amides is 2. The van der Waals surface area contributed by atoms with E-state index in [9.17, 15) is 9.59 Å². The fourth-order valence-electron chi connectivity index (χ4n) is 1.98. The lowest BCUT2D eigenvalue weighted by atomic mass is 10.2. The lowest BCUT2D eigenvalue weighted by molar-refractivity contribution is -0.141. The van der Waals surface area contributed by atoms with Gasteiger partial charge in [-0.3, -0.25) is 0 Å².